The molecule has 0 aliphatic rings. The van der Waals surface area contributed by atoms with Gasteiger partial charge in [0, 0.05) is 36.6 Å². The molecule has 6 nitrogen and oxygen atoms in total. The molecule has 1 atom stereocenters. The van der Waals surface area contributed by atoms with Crippen LogP contribution in [-0.4, -0.2) is 25.7 Å². The lowest BCUT2D eigenvalue weighted by Gasteiger charge is -2.18. The predicted octanol–water partition coefficient (Wildman–Crippen LogP) is 3.91. The number of aromatic nitrogens is 4. The number of hydrogen-bond donors (Lipinski definition) is 1. The van der Waals surface area contributed by atoms with E-state index in [1.165, 1.54) is 0 Å². The normalized spacial score (nSPS) is 12.1. The Hall–Kier alpha value is -3.54. The van der Waals surface area contributed by atoms with Crippen LogP contribution in [0.4, 0.5) is 0 Å². The Morgan fingerprint density at radius 1 is 1.11 bits per heavy atom. The number of fused-ring (bicyclic) bond motifs is 1. The van der Waals surface area contributed by atoms with Crippen LogP contribution < -0.4 is 5.32 Å². The minimum atomic E-state index is -0.123. The van der Waals surface area contributed by atoms with Crippen LogP contribution in [0.15, 0.2) is 67.1 Å². The van der Waals surface area contributed by atoms with Gasteiger partial charge >= 0.3 is 0 Å². The van der Waals surface area contributed by atoms with Crippen LogP contribution in [0.25, 0.3) is 22.2 Å². The minimum absolute atomic E-state index is 0.115. The van der Waals surface area contributed by atoms with Crippen molar-refractivity contribution in [1.82, 2.24) is 25.1 Å². The van der Waals surface area contributed by atoms with Gasteiger partial charge in [0.25, 0.3) is 5.91 Å². The summed E-state index contributed by atoms with van der Waals surface area (Å²) in [6, 6.07) is 15.2. The minimum Gasteiger partial charge on any atom is -0.344 e. The van der Waals surface area contributed by atoms with Gasteiger partial charge in [-0.05, 0) is 36.8 Å². The molecule has 28 heavy (non-hydrogen) atoms. The summed E-state index contributed by atoms with van der Waals surface area (Å²) in [6.07, 6.45) is 5.96. The molecule has 4 rings (SSSR count). The number of rotatable bonds is 5. The second kappa shape index (κ2) is 7.60. The van der Waals surface area contributed by atoms with Crippen molar-refractivity contribution in [1.29, 1.82) is 0 Å². The molecule has 140 valence electrons. The highest BCUT2D eigenvalue weighted by atomic mass is 16.1. The van der Waals surface area contributed by atoms with E-state index in [1.54, 1.807) is 23.3 Å². The van der Waals surface area contributed by atoms with Gasteiger partial charge in [-0.2, -0.15) is 5.10 Å². The summed E-state index contributed by atoms with van der Waals surface area (Å²) in [7, 11) is 1.88. The van der Waals surface area contributed by atoms with Crippen LogP contribution in [0, 0.1) is 0 Å². The van der Waals surface area contributed by atoms with Crippen molar-refractivity contribution in [2.75, 3.05) is 0 Å². The van der Waals surface area contributed by atoms with E-state index < -0.39 is 0 Å². The first-order valence-electron chi connectivity index (χ1n) is 9.26. The van der Waals surface area contributed by atoms with Crippen LogP contribution >= 0.6 is 0 Å². The summed E-state index contributed by atoms with van der Waals surface area (Å²) in [6.45, 7) is 2.05. The number of para-hydroxylation sites is 1. The van der Waals surface area contributed by atoms with E-state index in [0.717, 1.165) is 34.3 Å². The van der Waals surface area contributed by atoms with Crippen LogP contribution in [0.1, 0.15) is 35.4 Å². The Kier molecular flexibility index (Phi) is 4.85. The number of amides is 1. The Balaban J connectivity index is 1.76. The average Bonchev–Trinajstić information content (AvgIpc) is 3.17. The molecule has 0 fully saturated rings. The fourth-order valence-electron chi connectivity index (χ4n) is 3.38. The second-order valence-corrected chi connectivity index (χ2v) is 6.62. The molecule has 3 aromatic heterocycles. The van der Waals surface area contributed by atoms with Gasteiger partial charge in [-0.25, -0.2) is 4.98 Å². The molecule has 0 aliphatic heterocycles. The third-order valence-electron chi connectivity index (χ3n) is 4.87. The van der Waals surface area contributed by atoms with E-state index >= 15 is 0 Å². The van der Waals surface area contributed by atoms with Gasteiger partial charge in [-0.1, -0.05) is 25.1 Å². The Labute approximate surface area is 163 Å². The SMILES string of the molecule is CC[C@H](NC(=O)c1cc(-c2ccncc2)nc2ccccc12)c1ccnn1C. The summed E-state index contributed by atoms with van der Waals surface area (Å²) >= 11 is 0. The highest BCUT2D eigenvalue weighted by molar-refractivity contribution is 6.07. The van der Waals surface area contributed by atoms with Gasteiger partial charge in [-0.15, -0.1) is 0 Å². The largest absolute Gasteiger partial charge is 0.344 e. The first kappa shape index (κ1) is 17.9. The second-order valence-electron chi connectivity index (χ2n) is 6.62. The first-order valence-corrected chi connectivity index (χ1v) is 9.26. The predicted molar refractivity (Wildman–Crippen MR) is 109 cm³/mol. The molecule has 0 saturated carbocycles. The highest BCUT2D eigenvalue weighted by Crippen LogP contribution is 2.25. The number of hydrogen-bond acceptors (Lipinski definition) is 4. The smallest absolute Gasteiger partial charge is 0.252 e. The lowest BCUT2D eigenvalue weighted by molar-refractivity contribution is 0.0935. The number of benzene rings is 1. The van der Waals surface area contributed by atoms with Crippen LogP contribution in [0.5, 0.6) is 0 Å². The molecule has 0 unspecified atom stereocenters. The van der Waals surface area contributed by atoms with Gasteiger partial charge in [-0.3, -0.25) is 14.5 Å². The van der Waals surface area contributed by atoms with Gasteiger partial charge in [0.15, 0.2) is 0 Å². The molecule has 1 amide bonds. The molecule has 0 radical (unpaired) electrons. The fraction of sp³-hybridized carbons (Fsp3) is 0.182. The monoisotopic (exact) mass is 371 g/mol. The Morgan fingerprint density at radius 3 is 2.61 bits per heavy atom. The summed E-state index contributed by atoms with van der Waals surface area (Å²) in [5.74, 6) is -0.123. The summed E-state index contributed by atoms with van der Waals surface area (Å²) in [4.78, 5) is 22.0. The number of pyridine rings is 2. The van der Waals surface area contributed by atoms with E-state index in [-0.39, 0.29) is 11.9 Å². The number of carbonyl (C=O) groups excluding carboxylic acids is 1. The molecule has 0 bridgehead atoms. The van der Waals surface area contributed by atoms with Crippen LogP contribution in [0.2, 0.25) is 0 Å². The molecular formula is C22H21N5O. The fourth-order valence-corrected chi connectivity index (χ4v) is 3.38. The lowest BCUT2D eigenvalue weighted by atomic mass is 10.0. The Bertz CT molecular complexity index is 1120. The molecule has 0 saturated heterocycles. The number of carbonyl (C=O) groups is 1. The summed E-state index contributed by atoms with van der Waals surface area (Å²) < 4.78 is 1.79. The topological polar surface area (TPSA) is 72.7 Å². The van der Waals surface area contributed by atoms with Crippen molar-refractivity contribution in [2.45, 2.75) is 19.4 Å². The Morgan fingerprint density at radius 2 is 1.89 bits per heavy atom. The standard InChI is InChI=1S/C22H21N5O/c1-3-18(21-10-13-24-27(21)2)26-22(28)17-14-20(15-8-11-23-12-9-15)25-19-7-5-4-6-16(17)19/h4-14,18H,3H2,1-2H3,(H,26,28)/t18-/m0/s1. The van der Waals surface area contributed by atoms with Crippen LogP contribution in [0.3, 0.4) is 0 Å². The zero-order valence-electron chi connectivity index (χ0n) is 15.8. The van der Waals surface area contributed by atoms with E-state index in [9.17, 15) is 4.79 Å². The van der Waals surface area contributed by atoms with Crippen LogP contribution in [-0.2, 0) is 7.05 Å². The van der Waals surface area contributed by atoms with Gasteiger partial charge in [0.2, 0.25) is 0 Å². The maximum Gasteiger partial charge on any atom is 0.252 e. The van der Waals surface area contributed by atoms with E-state index in [2.05, 4.69) is 15.4 Å². The molecule has 3 heterocycles. The number of nitrogens with zero attached hydrogens (tertiary/aromatic N) is 4. The zero-order chi connectivity index (χ0) is 19.5. The molecule has 1 N–H and O–H groups in total. The average molecular weight is 371 g/mol. The van der Waals surface area contributed by atoms with Crippen molar-refractivity contribution in [2.24, 2.45) is 7.05 Å². The molecular weight excluding hydrogens is 350 g/mol. The van der Waals surface area contributed by atoms with Crippen molar-refractivity contribution in [3.63, 3.8) is 0 Å². The van der Waals surface area contributed by atoms with Crippen molar-refractivity contribution >= 4 is 16.8 Å². The van der Waals surface area contributed by atoms with E-state index in [0.29, 0.717) is 5.56 Å². The van der Waals surface area contributed by atoms with Crippen molar-refractivity contribution < 1.29 is 4.79 Å². The third-order valence-corrected chi connectivity index (χ3v) is 4.87. The van der Waals surface area contributed by atoms with E-state index in [1.807, 2.05) is 62.5 Å². The quantitative estimate of drug-likeness (QED) is 0.577. The summed E-state index contributed by atoms with van der Waals surface area (Å²) in [5, 5.41) is 8.21. The molecule has 6 heteroatoms. The molecule has 0 spiro atoms. The number of aryl methyl sites for hydroxylation is 1. The molecule has 4 aromatic rings. The zero-order valence-corrected chi connectivity index (χ0v) is 15.8. The maximum absolute atomic E-state index is 13.2. The van der Waals surface area contributed by atoms with Gasteiger partial charge in [0.1, 0.15) is 0 Å². The first-order chi connectivity index (χ1) is 13.7. The van der Waals surface area contributed by atoms with Crippen molar-refractivity contribution in [3.8, 4) is 11.3 Å². The molecule has 0 aliphatic carbocycles. The van der Waals surface area contributed by atoms with Gasteiger partial charge < -0.3 is 5.32 Å². The lowest BCUT2D eigenvalue weighted by Crippen LogP contribution is -2.29. The van der Waals surface area contributed by atoms with Crippen molar-refractivity contribution in [3.05, 3.63) is 78.4 Å². The molecule has 1 aromatic carbocycles. The third kappa shape index (κ3) is 3.36. The number of nitrogens with one attached hydrogen (secondary N) is 1. The van der Waals surface area contributed by atoms with Gasteiger partial charge in [0.05, 0.1) is 28.5 Å². The summed E-state index contributed by atoms with van der Waals surface area (Å²) in [5.41, 5.74) is 4.05. The van der Waals surface area contributed by atoms with E-state index in [4.69, 9.17) is 4.98 Å². The highest BCUT2D eigenvalue weighted by Gasteiger charge is 2.19. The maximum atomic E-state index is 13.2.